The van der Waals surface area contributed by atoms with Crippen molar-refractivity contribution in [3.05, 3.63) is 23.9 Å². The van der Waals surface area contributed by atoms with E-state index < -0.39 is 17.3 Å². The van der Waals surface area contributed by atoms with Crippen molar-refractivity contribution >= 4 is 5.82 Å². The smallest absolute Gasteiger partial charge is 0.389 e. The Bertz CT molecular complexity index is 575. The number of pyridine rings is 1. The van der Waals surface area contributed by atoms with E-state index >= 15 is 0 Å². The van der Waals surface area contributed by atoms with E-state index in [9.17, 15) is 18.3 Å². The number of hydrogen-bond acceptors (Lipinski definition) is 4. The number of aliphatic hydroxyl groups is 1. The van der Waals surface area contributed by atoms with Gasteiger partial charge in [0.2, 0.25) is 0 Å². The minimum Gasteiger partial charge on any atom is -0.389 e. The van der Waals surface area contributed by atoms with Crippen LogP contribution in [-0.2, 0) is 10.9 Å². The van der Waals surface area contributed by atoms with Gasteiger partial charge in [-0.15, -0.1) is 0 Å². The zero-order chi connectivity index (χ0) is 17.4. The molecule has 0 saturated carbocycles. The van der Waals surface area contributed by atoms with Crippen molar-refractivity contribution in [2.75, 3.05) is 31.2 Å². The maximum atomic E-state index is 12.9. The number of anilines is 1. The highest BCUT2D eigenvalue weighted by Crippen LogP contribution is 2.40. The molecule has 0 aromatic carbocycles. The fourth-order valence-corrected chi connectivity index (χ4v) is 3.92. The highest BCUT2D eigenvalue weighted by Gasteiger charge is 2.45. The number of piperidine rings is 1. The summed E-state index contributed by atoms with van der Waals surface area (Å²) in [7, 11) is 0. The lowest BCUT2D eigenvalue weighted by atomic mass is 9.70. The summed E-state index contributed by atoms with van der Waals surface area (Å²) in [5, 5.41) is 11.1. The lowest BCUT2D eigenvalue weighted by molar-refractivity contribution is -0.137. The maximum absolute atomic E-state index is 12.9. The Morgan fingerprint density at radius 1 is 1.33 bits per heavy atom. The number of aromatic nitrogens is 1. The van der Waals surface area contributed by atoms with Gasteiger partial charge in [0, 0.05) is 38.4 Å². The van der Waals surface area contributed by atoms with Crippen molar-refractivity contribution in [1.82, 2.24) is 4.98 Å². The average molecular weight is 344 g/mol. The summed E-state index contributed by atoms with van der Waals surface area (Å²) in [5.41, 5.74) is -1.47. The Kier molecular flexibility index (Phi) is 4.75. The Morgan fingerprint density at radius 2 is 2.04 bits per heavy atom. The molecule has 0 aliphatic carbocycles. The quantitative estimate of drug-likeness (QED) is 0.895. The van der Waals surface area contributed by atoms with Crippen LogP contribution in [0.15, 0.2) is 18.3 Å². The highest BCUT2D eigenvalue weighted by molar-refractivity contribution is 5.42. The molecule has 0 radical (unpaired) electrons. The first-order valence-corrected chi connectivity index (χ1v) is 8.39. The van der Waals surface area contributed by atoms with Crippen LogP contribution in [0.25, 0.3) is 0 Å². The molecule has 24 heavy (non-hydrogen) atoms. The van der Waals surface area contributed by atoms with E-state index in [-0.39, 0.29) is 11.8 Å². The van der Waals surface area contributed by atoms with Crippen LogP contribution >= 0.6 is 0 Å². The minimum absolute atomic E-state index is 0.0364. The van der Waals surface area contributed by atoms with Gasteiger partial charge in [0.15, 0.2) is 0 Å². The molecule has 0 unspecified atom stereocenters. The lowest BCUT2D eigenvalue weighted by Crippen LogP contribution is -2.56. The van der Waals surface area contributed by atoms with Gasteiger partial charge < -0.3 is 14.7 Å². The van der Waals surface area contributed by atoms with E-state index in [0.29, 0.717) is 38.5 Å². The minimum atomic E-state index is -4.37. The standard InChI is InChI=1S/C17H23F3N2O2/c1-12-11-22(15-10-14(2-6-21-15)17(18,19)20)7-5-16(12,23)13-3-8-24-9-4-13/h2,6,10,12-13,23H,3-5,7-9,11H2,1H3/t12-,16+/m1/s1. The van der Waals surface area contributed by atoms with Crippen molar-refractivity contribution in [1.29, 1.82) is 0 Å². The van der Waals surface area contributed by atoms with Crippen LogP contribution in [0.1, 0.15) is 31.7 Å². The molecule has 2 fully saturated rings. The van der Waals surface area contributed by atoms with Gasteiger partial charge in [0.1, 0.15) is 5.82 Å². The van der Waals surface area contributed by atoms with Crippen LogP contribution in [0.5, 0.6) is 0 Å². The van der Waals surface area contributed by atoms with Crippen LogP contribution < -0.4 is 4.90 Å². The lowest BCUT2D eigenvalue weighted by Gasteiger charge is -2.48. The van der Waals surface area contributed by atoms with Crippen LogP contribution in [-0.4, -0.2) is 42.0 Å². The van der Waals surface area contributed by atoms with Gasteiger partial charge in [-0.2, -0.15) is 13.2 Å². The maximum Gasteiger partial charge on any atom is 0.416 e. The summed E-state index contributed by atoms with van der Waals surface area (Å²) in [4.78, 5) is 5.94. The van der Waals surface area contributed by atoms with E-state index in [1.165, 1.54) is 6.20 Å². The summed E-state index contributed by atoms with van der Waals surface area (Å²) in [6.07, 6.45) is -0.966. The summed E-state index contributed by atoms with van der Waals surface area (Å²) in [6, 6.07) is 2.07. The molecular weight excluding hydrogens is 321 g/mol. The topological polar surface area (TPSA) is 45.6 Å². The number of alkyl halides is 3. The zero-order valence-corrected chi connectivity index (χ0v) is 13.7. The largest absolute Gasteiger partial charge is 0.416 e. The molecule has 0 spiro atoms. The predicted octanol–water partition coefficient (Wildman–Crippen LogP) is 3.10. The molecule has 2 aliphatic rings. The van der Waals surface area contributed by atoms with E-state index in [1.54, 1.807) is 0 Å². The first-order valence-electron chi connectivity index (χ1n) is 8.39. The van der Waals surface area contributed by atoms with Gasteiger partial charge in [-0.1, -0.05) is 6.92 Å². The van der Waals surface area contributed by atoms with E-state index in [1.807, 2.05) is 11.8 Å². The first kappa shape index (κ1) is 17.5. The van der Waals surface area contributed by atoms with E-state index in [2.05, 4.69) is 4.98 Å². The SMILES string of the molecule is C[C@@H]1CN(c2cc(C(F)(F)F)ccn2)CC[C@@]1(O)C1CCOCC1. The molecule has 134 valence electrons. The van der Waals surface area contributed by atoms with Crippen molar-refractivity contribution < 1.29 is 23.0 Å². The van der Waals surface area contributed by atoms with Gasteiger partial charge in [0.25, 0.3) is 0 Å². The Hall–Kier alpha value is -1.34. The molecule has 1 aromatic rings. The monoisotopic (exact) mass is 344 g/mol. The van der Waals surface area contributed by atoms with Gasteiger partial charge in [-0.05, 0) is 37.3 Å². The second kappa shape index (κ2) is 6.52. The van der Waals surface area contributed by atoms with Crippen molar-refractivity contribution in [3.63, 3.8) is 0 Å². The average Bonchev–Trinajstić information content (AvgIpc) is 2.57. The fraction of sp³-hybridized carbons (Fsp3) is 0.706. The zero-order valence-electron chi connectivity index (χ0n) is 13.7. The molecule has 7 heteroatoms. The van der Waals surface area contributed by atoms with Gasteiger partial charge in [-0.25, -0.2) is 4.98 Å². The Labute approximate surface area is 139 Å². The van der Waals surface area contributed by atoms with Crippen LogP contribution in [0.4, 0.5) is 19.0 Å². The molecule has 1 N–H and O–H groups in total. The third kappa shape index (κ3) is 3.37. The van der Waals surface area contributed by atoms with Gasteiger partial charge >= 0.3 is 6.18 Å². The third-order valence-corrected chi connectivity index (χ3v) is 5.45. The first-order chi connectivity index (χ1) is 11.3. The van der Waals surface area contributed by atoms with E-state index in [4.69, 9.17) is 4.74 Å². The molecule has 2 atom stereocenters. The molecule has 3 heterocycles. The molecule has 1 aromatic heterocycles. The summed E-state index contributed by atoms with van der Waals surface area (Å²) in [6.45, 7) is 4.31. The number of hydrogen-bond donors (Lipinski definition) is 1. The highest BCUT2D eigenvalue weighted by atomic mass is 19.4. The third-order valence-electron chi connectivity index (χ3n) is 5.45. The second-order valence-electron chi connectivity index (χ2n) is 6.88. The number of nitrogens with zero attached hydrogens (tertiary/aromatic N) is 2. The molecule has 0 amide bonds. The van der Waals surface area contributed by atoms with Crippen LogP contribution in [0.2, 0.25) is 0 Å². The molecule has 4 nitrogen and oxygen atoms in total. The number of halogens is 3. The molecule has 0 bridgehead atoms. The van der Waals surface area contributed by atoms with Crippen LogP contribution in [0.3, 0.4) is 0 Å². The van der Waals surface area contributed by atoms with Crippen LogP contribution in [0, 0.1) is 11.8 Å². The van der Waals surface area contributed by atoms with Crippen molar-refractivity contribution in [2.24, 2.45) is 11.8 Å². The number of ether oxygens (including phenoxy) is 1. The summed E-state index contributed by atoms with van der Waals surface area (Å²) >= 11 is 0. The summed E-state index contributed by atoms with van der Waals surface area (Å²) < 4.78 is 44.0. The fourth-order valence-electron chi connectivity index (χ4n) is 3.92. The summed E-state index contributed by atoms with van der Waals surface area (Å²) in [5.74, 6) is 0.481. The second-order valence-corrected chi connectivity index (χ2v) is 6.88. The van der Waals surface area contributed by atoms with E-state index in [0.717, 1.165) is 25.0 Å². The molecule has 3 rings (SSSR count). The normalized spacial score (nSPS) is 29.7. The molecular formula is C17H23F3N2O2. The Balaban J connectivity index is 1.73. The number of rotatable bonds is 2. The van der Waals surface area contributed by atoms with Gasteiger partial charge in [-0.3, -0.25) is 0 Å². The van der Waals surface area contributed by atoms with Crippen molar-refractivity contribution in [2.45, 2.75) is 38.0 Å². The molecule has 2 aliphatic heterocycles. The predicted molar refractivity (Wildman–Crippen MR) is 83.7 cm³/mol. The van der Waals surface area contributed by atoms with Crippen molar-refractivity contribution in [3.8, 4) is 0 Å². The Morgan fingerprint density at radius 3 is 2.67 bits per heavy atom. The molecule has 2 saturated heterocycles. The van der Waals surface area contributed by atoms with Gasteiger partial charge in [0.05, 0.1) is 11.2 Å².